The van der Waals surface area contributed by atoms with E-state index in [-0.39, 0.29) is 22.7 Å². The Hall–Kier alpha value is -1.99. The van der Waals surface area contributed by atoms with E-state index in [9.17, 15) is 19.6 Å². The van der Waals surface area contributed by atoms with Gasteiger partial charge in [-0.15, -0.1) is 0 Å². The number of hydrogen-bond acceptors (Lipinski definition) is 4. The Labute approximate surface area is 128 Å². The van der Waals surface area contributed by atoms with Crippen LogP contribution in [0.1, 0.15) is 18.6 Å². The lowest BCUT2D eigenvalue weighted by Gasteiger charge is -2.14. The highest BCUT2D eigenvalue weighted by Crippen LogP contribution is 2.36. The lowest BCUT2D eigenvalue weighted by molar-refractivity contribution is -0.384. The number of nitro groups is 1. The number of halogens is 2. The zero-order valence-corrected chi connectivity index (χ0v) is 12.5. The van der Waals surface area contributed by atoms with Crippen molar-refractivity contribution in [3.8, 4) is 11.5 Å². The van der Waals surface area contributed by atoms with Crippen LogP contribution in [0.3, 0.4) is 0 Å². The first-order valence-electron chi connectivity index (χ1n) is 5.98. The average Bonchev–Trinajstić information content (AvgIpc) is 2.42. The smallest absolute Gasteiger partial charge is 0.273 e. The number of aliphatic hydroxyl groups is 1. The standard InChI is InChI=1S/C14H11BrFNO4/c1-8(18)11-6-9(16)2-5-13(11)21-14-7-10(17(19)20)3-4-12(14)15/h2-8,18H,1H3/t8-/m1/s1. The molecule has 0 saturated heterocycles. The minimum atomic E-state index is -0.937. The van der Waals surface area contributed by atoms with Gasteiger partial charge in [0.1, 0.15) is 17.3 Å². The summed E-state index contributed by atoms with van der Waals surface area (Å²) in [6.45, 7) is 1.48. The Bertz CT molecular complexity index is 691. The molecule has 0 bridgehead atoms. The van der Waals surface area contributed by atoms with Crippen molar-refractivity contribution in [1.82, 2.24) is 0 Å². The molecule has 0 radical (unpaired) electrons. The van der Waals surface area contributed by atoms with E-state index in [1.807, 2.05) is 0 Å². The van der Waals surface area contributed by atoms with Crippen LogP contribution in [0.5, 0.6) is 11.5 Å². The fourth-order valence-electron chi connectivity index (χ4n) is 1.74. The quantitative estimate of drug-likeness (QED) is 0.653. The molecule has 0 aliphatic carbocycles. The number of hydrogen-bond donors (Lipinski definition) is 1. The summed E-state index contributed by atoms with van der Waals surface area (Å²) < 4.78 is 19.3. The summed E-state index contributed by atoms with van der Waals surface area (Å²) in [7, 11) is 0. The summed E-state index contributed by atoms with van der Waals surface area (Å²) >= 11 is 3.23. The van der Waals surface area contributed by atoms with Crippen LogP contribution in [-0.4, -0.2) is 10.0 Å². The van der Waals surface area contributed by atoms with E-state index in [0.29, 0.717) is 4.47 Å². The van der Waals surface area contributed by atoms with Crippen LogP contribution in [-0.2, 0) is 0 Å². The van der Waals surface area contributed by atoms with Crippen molar-refractivity contribution >= 4 is 21.6 Å². The molecule has 2 aromatic rings. The van der Waals surface area contributed by atoms with Crippen LogP contribution in [0, 0.1) is 15.9 Å². The van der Waals surface area contributed by atoms with Crippen molar-refractivity contribution in [3.05, 3.63) is 62.4 Å². The molecule has 110 valence electrons. The number of benzene rings is 2. The number of ether oxygens (including phenoxy) is 1. The second kappa shape index (κ2) is 6.19. The molecule has 0 aromatic heterocycles. The second-order valence-electron chi connectivity index (χ2n) is 4.33. The molecule has 0 aliphatic heterocycles. The third-order valence-corrected chi connectivity index (χ3v) is 3.42. The van der Waals surface area contributed by atoms with E-state index in [4.69, 9.17) is 4.74 Å². The zero-order valence-electron chi connectivity index (χ0n) is 10.9. The highest BCUT2D eigenvalue weighted by atomic mass is 79.9. The van der Waals surface area contributed by atoms with E-state index in [1.54, 1.807) is 0 Å². The first kappa shape index (κ1) is 15.4. The van der Waals surface area contributed by atoms with E-state index < -0.39 is 16.8 Å². The van der Waals surface area contributed by atoms with Crippen molar-refractivity contribution in [2.45, 2.75) is 13.0 Å². The first-order valence-corrected chi connectivity index (χ1v) is 6.77. The molecule has 21 heavy (non-hydrogen) atoms. The molecule has 2 rings (SSSR count). The van der Waals surface area contributed by atoms with Gasteiger partial charge < -0.3 is 9.84 Å². The van der Waals surface area contributed by atoms with E-state index >= 15 is 0 Å². The average molecular weight is 356 g/mol. The van der Waals surface area contributed by atoms with Gasteiger partial charge in [-0.1, -0.05) is 0 Å². The molecular formula is C14H11BrFNO4. The largest absolute Gasteiger partial charge is 0.456 e. The molecule has 5 nitrogen and oxygen atoms in total. The van der Waals surface area contributed by atoms with Crippen LogP contribution < -0.4 is 4.74 Å². The van der Waals surface area contributed by atoms with Crippen molar-refractivity contribution in [3.63, 3.8) is 0 Å². The van der Waals surface area contributed by atoms with Crippen LogP contribution in [0.4, 0.5) is 10.1 Å². The minimum absolute atomic E-state index is 0.131. The third-order valence-electron chi connectivity index (χ3n) is 2.77. The number of aliphatic hydroxyl groups excluding tert-OH is 1. The topological polar surface area (TPSA) is 72.6 Å². The van der Waals surface area contributed by atoms with Crippen LogP contribution in [0.2, 0.25) is 0 Å². The highest BCUT2D eigenvalue weighted by Gasteiger charge is 2.15. The Balaban J connectivity index is 2.43. The molecule has 0 heterocycles. The molecule has 0 fully saturated rings. The summed E-state index contributed by atoms with van der Waals surface area (Å²) in [6, 6.07) is 7.77. The summed E-state index contributed by atoms with van der Waals surface area (Å²) in [5.41, 5.74) is 0.127. The molecule has 0 spiro atoms. The Morgan fingerprint density at radius 1 is 1.29 bits per heavy atom. The number of nitro benzene ring substituents is 1. The summed E-state index contributed by atoms with van der Waals surface area (Å²) in [6.07, 6.45) is -0.937. The van der Waals surface area contributed by atoms with Gasteiger partial charge in [-0.2, -0.15) is 0 Å². The minimum Gasteiger partial charge on any atom is -0.456 e. The number of nitrogens with zero attached hydrogens (tertiary/aromatic N) is 1. The third kappa shape index (κ3) is 3.56. The first-order chi connectivity index (χ1) is 9.88. The normalized spacial score (nSPS) is 12.0. The maximum absolute atomic E-state index is 13.2. The van der Waals surface area contributed by atoms with Gasteiger partial charge in [-0.3, -0.25) is 10.1 Å². The predicted molar refractivity (Wildman–Crippen MR) is 77.9 cm³/mol. The maximum atomic E-state index is 13.2. The van der Waals surface area contributed by atoms with Crippen molar-refractivity contribution in [2.75, 3.05) is 0 Å². The molecule has 2 aromatic carbocycles. The summed E-state index contributed by atoms with van der Waals surface area (Å²) in [4.78, 5) is 10.2. The summed E-state index contributed by atoms with van der Waals surface area (Å²) in [5, 5.41) is 20.4. The van der Waals surface area contributed by atoms with Crippen molar-refractivity contribution < 1.29 is 19.2 Å². The SMILES string of the molecule is C[C@@H](O)c1cc(F)ccc1Oc1cc([N+](=O)[O-])ccc1Br. The van der Waals surface area contributed by atoms with Gasteiger partial charge in [0, 0.05) is 11.6 Å². The molecule has 0 aliphatic rings. The Morgan fingerprint density at radius 3 is 2.62 bits per heavy atom. The predicted octanol–water partition coefficient (Wildman–Crippen LogP) is 4.34. The fraction of sp³-hybridized carbons (Fsp3) is 0.143. The van der Waals surface area contributed by atoms with Crippen molar-refractivity contribution in [1.29, 1.82) is 0 Å². The highest BCUT2D eigenvalue weighted by molar-refractivity contribution is 9.10. The van der Waals surface area contributed by atoms with Gasteiger partial charge >= 0.3 is 0 Å². The molecule has 1 atom stereocenters. The molecule has 0 amide bonds. The van der Waals surface area contributed by atoms with Gasteiger partial charge in [0.05, 0.1) is 21.6 Å². The maximum Gasteiger partial charge on any atom is 0.273 e. The lowest BCUT2D eigenvalue weighted by atomic mass is 10.1. The van der Waals surface area contributed by atoms with E-state index in [0.717, 1.165) is 6.07 Å². The number of rotatable bonds is 4. The van der Waals surface area contributed by atoms with E-state index in [2.05, 4.69) is 15.9 Å². The zero-order chi connectivity index (χ0) is 15.6. The van der Waals surface area contributed by atoms with Gasteiger partial charge in [0.15, 0.2) is 0 Å². The second-order valence-corrected chi connectivity index (χ2v) is 5.19. The molecule has 7 heteroatoms. The molecule has 0 saturated carbocycles. The van der Waals surface area contributed by atoms with Crippen molar-refractivity contribution in [2.24, 2.45) is 0 Å². The van der Waals surface area contributed by atoms with Gasteiger partial charge in [0.2, 0.25) is 0 Å². The van der Waals surface area contributed by atoms with E-state index in [1.165, 1.54) is 37.3 Å². The fourth-order valence-corrected chi connectivity index (χ4v) is 2.07. The Morgan fingerprint density at radius 2 is 2.00 bits per heavy atom. The Kier molecular flexibility index (Phi) is 4.54. The van der Waals surface area contributed by atoms with Crippen LogP contribution >= 0.6 is 15.9 Å². The monoisotopic (exact) mass is 355 g/mol. The molecule has 1 N–H and O–H groups in total. The lowest BCUT2D eigenvalue weighted by Crippen LogP contribution is -1.98. The van der Waals surface area contributed by atoms with Crippen LogP contribution in [0.15, 0.2) is 40.9 Å². The van der Waals surface area contributed by atoms with Gasteiger partial charge in [-0.25, -0.2) is 4.39 Å². The number of non-ortho nitro benzene ring substituents is 1. The van der Waals surface area contributed by atoms with Crippen LogP contribution in [0.25, 0.3) is 0 Å². The molecule has 0 unspecified atom stereocenters. The van der Waals surface area contributed by atoms with Gasteiger partial charge in [0.25, 0.3) is 5.69 Å². The summed E-state index contributed by atoms with van der Waals surface area (Å²) in [5.74, 6) is -0.0679. The van der Waals surface area contributed by atoms with Gasteiger partial charge in [-0.05, 0) is 47.1 Å². The molecular weight excluding hydrogens is 345 g/mol.